The molecule has 0 unspecified atom stereocenters. The monoisotopic (exact) mass is 338 g/mol. The molecule has 0 aliphatic heterocycles. The van der Waals surface area contributed by atoms with E-state index in [-0.39, 0.29) is 24.1 Å². The van der Waals surface area contributed by atoms with Crippen LogP contribution in [0.3, 0.4) is 0 Å². The van der Waals surface area contributed by atoms with Crippen LogP contribution in [0.15, 0.2) is 30.3 Å². The molecule has 24 heavy (non-hydrogen) atoms. The lowest BCUT2D eigenvalue weighted by Crippen LogP contribution is -2.16. The first kappa shape index (κ1) is 18.1. The first-order chi connectivity index (χ1) is 11.1. The second-order valence-electron chi connectivity index (χ2n) is 6.10. The number of nitrogens with zero attached hydrogens (tertiary/aromatic N) is 1. The number of nitrogens with one attached hydrogen (secondary N) is 1. The van der Waals surface area contributed by atoms with Gasteiger partial charge in [0.1, 0.15) is 0 Å². The molecule has 1 aromatic carbocycles. The zero-order chi connectivity index (χ0) is 18.1. The maximum atomic E-state index is 12.7. The number of rotatable bonds is 5. The predicted molar refractivity (Wildman–Crippen MR) is 88.6 cm³/mol. The van der Waals surface area contributed by atoms with Crippen molar-refractivity contribution in [1.82, 2.24) is 4.57 Å². The van der Waals surface area contributed by atoms with Gasteiger partial charge in [-0.2, -0.15) is 13.2 Å². The molecular weight excluding hydrogens is 317 g/mol. The smallest absolute Gasteiger partial charge is 0.378 e. The molecule has 0 atom stereocenters. The summed E-state index contributed by atoms with van der Waals surface area (Å²) in [7, 11) is 0. The number of benzene rings is 1. The van der Waals surface area contributed by atoms with Gasteiger partial charge in [-0.3, -0.25) is 4.79 Å². The highest BCUT2D eigenvalue weighted by Crippen LogP contribution is 2.30. The summed E-state index contributed by atoms with van der Waals surface area (Å²) in [5.74, 6) is -0.146. The van der Waals surface area contributed by atoms with Crippen LogP contribution in [0.4, 0.5) is 18.9 Å². The fourth-order valence-electron chi connectivity index (χ4n) is 2.94. The van der Waals surface area contributed by atoms with Gasteiger partial charge in [0, 0.05) is 28.7 Å². The molecule has 0 aliphatic carbocycles. The Labute approximate surface area is 139 Å². The van der Waals surface area contributed by atoms with Gasteiger partial charge < -0.3 is 9.88 Å². The third-order valence-electron chi connectivity index (χ3n) is 3.94. The van der Waals surface area contributed by atoms with E-state index in [1.807, 2.05) is 33.8 Å². The highest BCUT2D eigenvalue weighted by atomic mass is 19.4. The van der Waals surface area contributed by atoms with E-state index < -0.39 is 11.7 Å². The van der Waals surface area contributed by atoms with Gasteiger partial charge in [0.15, 0.2) is 5.78 Å². The number of carbonyl (C=O) groups excluding carboxylic acids is 1. The molecule has 2 aromatic rings. The third-order valence-corrected chi connectivity index (χ3v) is 3.94. The molecule has 0 spiro atoms. The van der Waals surface area contributed by atoms with Crippen molar-refractivity contribution in [2.24, 2.45) is 0 Å². The van der Waals surface area contributed by atoms with Crippen LogP contribution in [0.1, 0.15) is 47.2 Å². The Hall–Kier alpha value is -2.24. The van der Waals surface area contributed by atoms with Crippen LogP contribution in [0.5, 0.6) is 0 Å². The Balaban J connectivity index is 2.13. The highest BCUT2D eigenvalue weighted by molar-refractivity contribution is 6.00. The van der Waals surface area contributed by atoms with Gasteiger partial charge in [-0.15, -0.1) is 0 Å². The quantitative estimate of drug-likeness (QED) is 0.779. The average Bonchev–Trinajstić information content (AvgIpc) is 2.79. The van der Waals surface area contributed by atoms with Crippen molar-refractivity contribution in [3.8, 4) is 0 Å². The predicted octanol–water partition coefficient (Wildman–Crippen LogP) is 5.00. The number of aromatic nitrogens is 1. The number of aryl methyl sites for hydroxylation is 1. The SMILES string of the molecule is Cc1cc(C(=O)CNc2cccc(C(F)(F)F)c2)c(C)n1C(C)C. The number of Topliss-reactive ketones (excluding diaryl/α,β-unsaturated/α-hetero) is 1. The van der Waals surface area contributed by atoms with Crippen LogP contribution in [0.2, 0.25) is 0 Å². The van der Waals surface area contributed by atoms with Crippen molar-refractivity contribution in [1.29, 1.82) is 0 Å². The molecule has 1 aromatic heterocycles. The first-order valence-corrected chi connectivity index (χ1v) is 7.74. The number of hydrogen-bond acceptors (Lipinski definition) is 2. The van der Waals surface area contributed by atoms with Crippen molar-refractivity contribution in [3.05, 3.63) is 52.8 Å². The lowest BCUT2D eigenvalue weighted by Gasteiger charge is -2.14. The zero-order valence-electron chi connectivity index (χ0n) is 14.2. The second kappa shape index (κ2) is 6.71. The zero-order valence-corrected chi connectivity index (χ0v) is 14.2. The lowest BCUT2D eigenvalue weighted by atomic mass is 10.1. The molecule has 0 saturated heterocycles. The number of carbonyl (C=O) groups is 1. The summed E-state index contributed by atoms with van der Waals surface area (Å²) in [4.78, 5) is 12.4. The van der Waals surface area contributed by atoms with Crippen LogP contribution >= 0.6 is 0 Å². The van der Waals surface area contributed by atoms with Crippen LogP contribution in [-0.4, -0.2) is 16.9 Å². The van der Waals surface area contributed by atoms with Gasteiger partial charge in [0.2, 0.25) is 0 Å². The summed E-state index contributed by atoms with van der Waals surface area (Å²) < 4.78 is 40.2. The topological polar surface area (TPSA) is 34.0 Å². The Morgan fingerprint density at radius 1 is 1.21 bits per heavy atom. The molecule has 0 aliphatic rings. The molecular formula is C18H21F3N2O. The molecule has 1 heterocycles. The third kappa shape index (κ3) is 3.80. The van der Waals surface area contributed by atoms with E-state index in [0.29, 0.717) is 5.56 Å². The first-order valence-electron chi connectivity index (χ1n) is 7.74. The minimum absolute atomic E-state index is 0.0519. The van der Waals surface area contributed by atoms with Crippen LogP contribution in [0, 0.1) is 13.8 Å². The summed E-state index contributed by atoms with van der Waals surface area (Å²) in [5.41, 5.74) is 2.00. The standard InChI is InChI=1S/C18H21F3N2O/c1-11(2)23-12(3)8-16(13(23)4)17(24)10-22-15-7-5-6-14(9-15)18(19,20)21/h5-9,11,22H,10H2,1-4H3. The van der Waals surface area contributed by atoms with E-state index in [0.717, 1.165) is 23.5 Å². The van der Waals surface area contributed by atoms with Gasteiger partial charge in [0.25, 0.3) is 0 Å². The lowest BCUT2D eigenvalue weighted by molar-refractivity contribution is -0.137. The molecule has 0 radical (unpaired) electrons. The van der Waals surface area contributed by atoms with E-state index in [9.17, 15) is 18.0 Å². The van der Waals surface area contributed by atoms with E-state index in [1.54, 1.807) is 0 Å². The molecule has 0 fully saturated rings. The molecule has 6 heteroatoms. The van der Waals surface area contributed by atoms with Crippen molar-refractivity contribution < 1.29 is 18.0 Å². The Kier molecular flexibility index (Phi) is 5.06. The minimum atomic E-state index is -4.40. The second-order valence-corrected chi connectivity index (χ2v) is 6.10. The number of ketones is 1. The van der Waals surface area contributed by atoms with Crippen molar-refractivity contribution in [3.63, 3.8) is 0 Å². The molecule has 130 valence electrons. The van der Waals surface area contributed by atoms with Gasteiger partial charge in [0.05, 0.1) is 12.1 Å². The number of hydrogen-bond donors (Lipinski definition) is 1. The highest BCUT2D eigenvalue weighted by Gasteiger charge is 2.30. The Morgan fingerprint density at radius 3 is 2.42 bits per heavy atom. The average molecular weight is 338 g/mol. The van der Waals surface area contributed by atoms with Crippen molar-refractivity contribution in [2.75, 3.05) is 11.9 Å². The summed E-state index contributed by atoms with van der Waals surface area (Å²) >= 11 is 0. The Morgan fingerprint density at radius 2 is 1.88 bits per heavy atom. The molecule has 0 bridgehead atoms. The fraction of sp³-hybridized carbons (Fsp3) is 0.389. The van der Waals surface area contributed by atoms with Crippen molar-refractivity contribution in [2.45, 2.75) is 39.9 Å². The van der Waals surface area contributed by atoms with Crippen LogP contribution in [0.25, 0.3) is 0 Å². The van der Waals surface area contributed by atoms with Crippen molar-refractivity contribution >= 4 is 11.5 Å². The number of anilines is 1. The summed E-state index contributed by atoms with van der Waals surface area (Å²) in [5, 5.41) is 2.78. The Bertz CT molecular complexity index is 745. The number of halogens is 3. The van der Waals surface area contributed by atoms with E-state index in [1.165, 1.54) is 12.1 Å². The normalized spacial score (nSPS) is 11.8. The number of alkyl halides is 3. The maximum absolute atomic E-state index is 12.7. The molecule has 1 N–H and O–H groups in total. The summed E-state index contributed by atoms with van der Waals surface area (Å²) in [6, 6.07) is 6.91. The molecule has 2 rings (SSSR count). The minimum Gasteiger partial charge on any atom is -0.378 e. The maximum Gasteiger partial charge on any atom is 0.416 e. The van der Waals surface area contributed by atoms with Gasteiger partial charge in [-0.1, -0.05) is 6.07 Å². The summed E-state index contributed by atoms with van der Waals surface area (Å²) in [6.07, 6.45) is -4.40. The van der Waals surface area contributed by atoms with Crippen LogP contribution < -0.4 is 5.32 Å². The van der Waals surface area contributed by atoms with E-state index in [4.69, 9.17) is 0 Å². The molecule has 0 amide bonds. The summed E-state index contributed by atoms with van der Waals surface area (Å²) in [6.45, 7) is 7.84. The van der Waals surface area contributed by atoms with Gasteiger partial charge >= 0.3 is 6.18 Å². The van der Waals surface area contributed by atoms with Gasteiger partial charge in [-0.25, -0.2) is 0 Å². The van der Waals surface area contributed by atoms with E-state index >= 15 is 0 Å². The van der Waals surface area contributed by atoms with Gasteiger partial charge in [-0.05, 0) is 52.0 Å². The van der Waals surface area contributed by atoms with E-state index in [2.05, 4.69) is 9.88 Å². The molecule has 0 saturated carbocycles. The largest absolute Gasteiger partial charge is 0.416 e. The fourth-order valence-corrected chi connectivity index (χ4v) is 2.94. The molecule has 3 nitrogen and oxygen atoms in total. The van der Waals surface area contributed by atoms with Crippen LogP contribution in [-0.2, 0) is 6.18 Å².